The average molecular weight is 422 g/mol. The minimum absolute atomic E-state index is 0.00536. The number of carbonyl (C=O) groups is 1. The number of fused-ring (bicyclic) bond motifs is 2. The summed E-state index contributed by atoms with van der Waals surface area (Å²) < 4.78 is 11.8. The molecule has 154 valence electrons. The van der Waals surface area contributed by atoms with Crippen LogP contribution in [0.4, 0.5) is 0 Å². The van der Waals surface area contributed by atoms with Gasteiger partial charge in [0.1, 0.15) is 22.6 Å². The van der Waals surface area contributed by atoms with Gasteiger partial charge in [-0.25, -0.2) is 4.98 Å². The first-order valence-corrected chi connectivity index (χ1v) is 10.8. The van der Waals surface area contributed by atoms with Gasteiger partial charge in [-0.05, 0) is 35.4 Å². The maximum atomic E-state index is 13.1. The molecule has 6 nitrogen and oxygen atoms in total. The minimum Gasteiger partial charge on any atom is -0.497 e. The number of hydrogen-bond acceptors (Lipinski definition) is 6. The summed E-state index contributed by atoms with van der Waals surface area (Å²) >= 11 is 1.66. The number of thiazole rings is 1. The van der Waals surface area contributed by atoms with E-state index in [9.17, 15) is 4.79 Å². The summed E-state index contributed by atoms with van der Waals surface area (Å²) in [7, 11) is 3.53. The van der Waals surface area contributed by atoms with Crippen LogP contribution in [-0.4, -0.2) is 60.1 Å². The zero-order chi connectivity index (χ0) is 20.7. The Morgan fingerprint density at radius 1 is 1.20 bits per heavy atom. The summed E-state index contributed by atoms with van der Waals surface area (Å²) in [6.07, 6.45) is 1.76. The van der Waals surface area contributed by atoms with Crippen molar-refractivity contribution in [2.75, 3.05) is 27.2 Å². The molecule has 1 amide bonds. The van der Waals surface area contributed by atoms with E-state index in [0.717, 1.165) is 41.5 Å². The molecule has 5 rings (SSSR count). The van der Waals surface area contributed by atoms with Crippen LogP contribution in [0, 0.1) is 0 Å². The lowest BCUT2D eigenvalue weighted by Crippen LogP contribution is -2.44. The van der Waals surface area contributed by atoms with Crippen LogP contribution in [0.3, 0.4) is 0 Å². The summed E-state index contributed by atoms with van der Waals surface area (Å²) in [6, 6.07) is 13.7. The quantitative estimate of drug-likeness (QED) is 0.645. The Labute approximate surface area is 179 Å². The van der Waals surface area contributed by atoms with Gasteiger partial charge in [-0.3, -0.25) is 9.69 Å². The zero-order valence-electron chi connectivity index (χ0n) is 16.9. The third-order valence-electron chi connectivity index (χ3n) is 5.87. The Balaban J connectivity index is 1.44. The summed E-state index contributed by atoms with van der Waals surface area (Å²) in [5.74, 6) is 1.45. The number of likely N-dealkylation sites (tertiary alicyclic amines) is 1. The first-order valence-electron chi connectivity index (χ1n) is 9.95. The second-order valence-electron chi connectivity index (χ2n) is 7.70. The second-order valence-corrected chi connectivity index (χ2v) is 8.68. The van der Waals surface area contributed by atoms with Crippen LogP contribution in [0.25, 0.3) is 11.1 Å². The fraction of sp³-hybridized carbons (Fsp3) is 0.304. The van der Waals surface area contributed by atoms with E-state index < -0.39 is 0 Å². The number of benzene rings is 2. The number of nitrogens with zero attached hydrogens (tertiary/aromatic N) is 3. The van der Waals surface area contributed by atoms with E-state index in [1.54, 1.807) is 18.4 Å². The molecular formula is C23H23N3O3S. The Morgan fingerprint density at radius 2 is 2.07 bits per heavy atom. The highest BCUT2D eigenvalue weighted by atomic mass is 32.1. The smallest absolute Gasteiger partial charge is 0.257 e. The SMILES string of the molecule is COc1cccc(-c2ccc3c(c2)O[C@H]2CN(Cc4nccs4)C[C@H]2N(C)C3=O)c1. The van der Waals surface area contributed by atoms with Crippen LogP contribution in [0.2, 0.25) is 0 Å². The zero-order valence-corrected chi connectivity index (χ0v) is 17.8. The standard InChI is InChI=1S/C23H23N3O3S/c1-25-19-12-26(14-22-24-8-9-30-22)13-21(19)29-20-11-16(6-7-18(20)23(25)27)15-4-3-5-17(10-15)28-2/h3-11,19,21H,12-14H2,1-2H3/t19-,21+/m1/s1. The molecule has 0 bridgehead atoms. The van der Waals surface area contributed by atoms with E-state index in [2.05, 4.69) is 9.88 Å². The van der Waals surface area contributed by atoms with Crippen molar-refractivity contribution in [2.24, 2.45) is 0 Å². The van der Waals surface area contributed by atoms with Gasteiger partial charge in [-0.2, -0.15) is 0 Å². The number of carbonyl (C=O) groups excluding carboxylic acids is 1. The molecule has 7 heteroatoms. The molecule has 1 saturated heterocycles. The van der Waals surface area contributed by atoms with Gasteiger partial charge < -0.3 is 14.4 Å². The molecule has 2 aromatic carbocycles. The van der Waals surface area contributed by atoms with Crippen molar-refractivity contribution in [2.45, 2.75) is 18.7 Å². The monoisotopic (exact) mass is 421 g/mol. The number of likely N-dealkylation sites (N-methyl/N-ethyl adjacent to an activating group) is 1. The van der Waals surface area contributed by atoms with Crippen molar-refractivity contribution in [1.82, 2.24) is 14.8 Å². The summed E-state index contributed by atoms with van der Waals surface area (Å²) in [6.45, 7) is 2.33. The Hall–Kier alpha value is -2.90. The molecule has 3 aromatic rings. The van der Waals surface area contributed by atoms with E-state index in [4.69, 9.17) is 9.47 Å². The molecule has 3 heterocycles. The summed E-state index contributed by atoms with van der Waals surface area (Å²) in [4.78, 5) is 21.7. The largest absolute Gasteiger partial charge is 0.497 e. The van der Waals surface area contributed by atoms with Gasteiger partial charge in [0.25, 0.3) is 5.91 Å². The molecule has 1 fully saturated rings. The van der Waals surface area contributed by atoms with Gasteiger partial charge in [-0.1, -0.05) is 18.2 Å². The van der Waals surface area contributed by atoms with E-state index in [0.29, 0.717) is 11.3 Å². The van der Waals surface area contributed by atoms with E-state index >= 15 is 0 Å². The highest BCUT2D eigenvalue weighted by Crippen LogP contribution is 2.35. The lowest BCUT2D eigenvalue weighted by atomic mass is 10.0. The van der Waals surface area contributed by atoms with Crippen LogP contribution in [0.15, 0.2) is 54.0 Å². The summed E-state index contributed by atoms with van der Waals surface area (Å²) in [5, 5.41) is 3.08. The second kappa shape index (κ2) is 7.74. The molecule has 0 aliphatic carbocycles. The average Bonchev–Trinajstić information content (AvgIpc) is 3.41. The van der Waals surface area contributed by atoms with Gasteiger partial charge in [0.05, 0.1) is 25.3 Å². The predicted octanol–water partition coefficient (Wildman–Crippen LogP) is 3.54. The molecule has 0 unspecified atom stereocenters. The molecule has 0 N–H and O–H groups in total. The van der Waals surface area contributed by atoms with Crippen molar-refractivity contribution in [3.63, 3.8) is 0 Å². The molecular weight excluding hydrogens is 398 g/mol. The molecule has 0 saturated carbocycles. The van der Waals surface area contributed by atoms with E-state index in [1.807, 2.05) is 66.0 Å². The van der Waals surface area contributed by atoms with Crippen LogP contribution < -0.4 is 9.47 Å². The van der Waals surface area contributed by atoms with Crippen LogP contribution in [0.1, 0.15) is 15.4 Å². The Kier molecular flexibility index (Phi) is 4.92. The third-order valence-corrected chi connectivity index (χ3v) is 6.63. The third kappa shape index (κ3) is 3.44. The van der Waals surface area contributed by atoms with Gasteiger partial charge >= 0.3 is 0 Å². The highest BCUT2D eigenvalue weighted by molar-refractivity contribution is 7.09. The van der Waals surface area contributed by atoms with E-state index in [1.165, 1.54) is 0 Å². The van der Waals surface area contributed by atoms with Gasteiger partial charge in [0.2, 0.25) is 0 Å². The number of rotatable bonds is 4. The maximum Gasteiger partial charge on any atom is 0.257 e. The molecule has 2 aliphatic rings. The van der Waals surface area contributed by atoms with Gasteiger partial charge in [-0.15, -0.1) is 11.3 Å². The molecule has 0 radical (unpaired) electrons. The maximum absolute atomic E-state index is 13.1. The van der Waals surface area contributed by atoms with Crippen molar-refractivity contribution in [3.05, 3.63) is 64.6 Å². The number of hydrogen-bond donors (Lipinski definition) is 0. The van der Waals surface area contributed by atoms with Crippen molar-refractivity contribution in [3.8, 4) is 22.6 Å². The molecule has 2 atom stereocenters. The van der Waals surface area contributed by atoms with Crippen LogP contribution >= 0.6 is 11.3 Å². The molecule has 1 aromatic heterocycles. The number of methoxy groups -OCH3 is 1. The molecule has 2 aliphatic heterocycles. The lowest BCUT2D eigenvalue weighted by Gasteiger charge is -2.25. The van der Waals surface area contributed by atoms with Crippen molar-refractivity contribution < 1.29 is 14.3 Å². The van der Waals surface area contributed by atoms with Crippen LogP contribution in [-0.2, 0) is 6.54 Å². The van der Waals surface area contributed by atoms with Crippen LogP contribution in [0.5, 0.6) is 11.5 Å². The number of aromatic nitrogens is 1. The van der Waals surface area contributed by atoms with Crippen molar-refractivity contribution >= 4 is 17.2 Å². The Bertz CT molecular complexity index is 1070. The summed E-state index contributed by atoms with van der Waals surface area (Å²) in [5.41, 5.74) is 2.64. The molecule has 30 heavy (non-hydrogen) atoms. The number of ether oxygens (including phenoxy) is 2. The van der Waals surface area contributed by atoms with Gasteiger partial charge in [0.15, 0.2) is 0 Å². The van der Waals surface area contributed by atoms with Gasteiger partial charge in [0, 0.05) is 31.7 Å². The van der Waals surface area contributed by atoms with E-state index in [-0.39, 0.29) is 18.1 Å². The molecule has 0 spiro atoms. The Morgan fingerprint density at radius 3 is 2.87 bits per heavy atom. The topological polar surface area (TPSA) is 54.9 Å². The first kappa shape index (κ1) is 19.1. The fourth-order valence-electron chi connectivity index (χ4n) is 4.25. The number of amides is 1. The fourth-order valence-corrected chi connectivity index (χ4v) is 4.91. The highest BCUT2D eigenvalue weighted by Gasteiger charge is 2.42. The van der Waals surface area contributed by atoms with Crippen molar-refractivity contribution in [1.29, 1.82) is 0 Å². The minimum atomic E-state index is -0.0688. The normalized spacial score (nSPS) is 21.0. The predicted molar refractivity (Wildman–Crippen MR) is 116 cm³/mol. The lowest BCUT2D eigenvalue weighted by molar-refractivity contribution is 0.0682. The first-order chi connectivity index (χ1) is 14.6.